The number of aromatic amines is 1. The maximum absolute atomic E-state index is 11.7. The molecule has 3 N–H and O–H groups in total. The molecule has 0 amide bonds. The molecule has 1 heterocycles. The molecule has 4 heteroatoms. The second kappa shape index (κ2) is 5.82. The van der Waals surface area contributed by atoms with Crippen LogP contribution in [0, 0.1) is 0 Å². The van der Waals surface area contributed by atoms with Gasteiger partial charge in [-0.15, -0.1) is 0 Å². The highest BCUT2D eigenvalue weighted by molar-refractivity contribution is 5.98. The fourth-order valence-corrected chi connectivity index (χ4v) is 2.09. The van der Waals surface area contributed by atoms with Crippen molar-refractivity contribution in [2.45, 2.75) is 26.7 Å². The van der Waals surface area contributed by atoms with Gasteiger partial charge >= 0.3 is 5.97 Å². The number of nitrogens with two attached hydrogens (primary N) is 1. The Morgan fingerprint density at radius 1 is 1.30 bits per heavy atom. The van der Waals surface area contributed by atoms with Gasteiger partial charge in [0.15, 0.2) is 0 Å². The molecule has 0 aliphatic heterocycles. The molecule has 0 saturated heterocycles. The number of esters is 1. The standard InChI is InChI=1S/C16H20N2O2/c1-4-20-16(19)15-14(17)13(9-18-15)12-7-5-11(6-8-12)10(2)3/h5-10,18H,4,17H2,1-3H3. The summed E-state index contributed by atoms with van der Waals surface area (Å²) in [4.78, 5) is 14.6. The molecule has 2 rings (SSSR count). The zero-order chi connectivity index (χ0) is 14.7. The van der Waals surface area contributed by atoms with Gasteiger partial charge in [0, 0.05) is 11.8 Å². The zero-order valence-corrected chi connectivity index (χ0v) is 12.1. The topological polar surface area (TPSA) is 68.1 Å². The van der Waals surface area contributed by atoms with E-state index in [1.807, 2.05) is 12.1 Å². The van der Waals surface area contributed by atoms with Gasteiger partial charge in [0.25, 0.3) is 0 Å². The van der Waals surface area contributed by atoms with E-state index in [4.69, 9.17) is 10.5 Å². The molecule has 106 valence electrons. The van der Waals surface area contributed by atoms with Gasteiger partial charge in [-0.2, -0.15) is 0 Å². The zero-order valence-electron chi connectivity index (χ0n) is 12.1. The molecule has 4 nitrogen and oxygen atoms in total. The molecule has 20 heavy (non-hydrogen) atoms. The molecule has 0 saturated carbocycles. The fourth-order valence-electron chi connectivity index (χ4n) is 2.09. The summed E-state index contributed by atoms with van der Waals surface area (Å²) in [5.74, 6) is 0.0674. The van der Waals surface area contributed by atoms with Gasteiger partial charge in [0.05, 0.1) is 12.3 Å². The first kappa shape index (κ1) is 14.2. The maximum atomic E-state index is 11.7. The third-order valence-corrected chi connectivity index (χ3v) is 3.29. The highest BCUT2D eigenvalue weighted by Gasteiger charge is 2.17. The summed E-state index contributed by atoms with van der Waals surface area (Å²) in [7, 11) is 0. The largest absolute Gasteiger partial charge is 0.461 e. The Balaban J connectivity index is 2.32. The highest BCUT2D eigenvalue weighted by atomic mass is 16.5. The van der Waals surface area contributed by atoms with E-state index in [1.165, 1.54) is 5.56 Å². The molecule has 0 unspecified atom stereocenters. The Hall–Kier alpha value is -2.23. The van der Waals surface area contributed by atoms with Crippen LogP contribution in [0.5, 0.6) is 0 Å². The lowest BCUT2D eigenvalue weighted by Gasteiger charge is -2.07. The lowest BCUT2D eigenvalue weighted by atomic mass is 9.99. The third-order valence-electron chi connectivity index (χ3n) is 3.29. The predicted molar refractivity (Wildman–Crippen MR) is 80.7 cm³/mol. The number of nitrogen functional groups attached to an aromatic ring is 1. The van der Waals surface area contributed by atoms with Crippen LogP contribution in [0.2, 0.25) is 0 Å². The Morgan fingerprint density at radius 3 is 2.50 bits per heavy atom. The molecule has 0 bridgehead atoms. The number of anilines is 1. The first-order chi connectivity index (χ1) is 9.54. The molecule has 0 radical (unpaired) electrons. The normalized spacial score (nSPS) is 10.8. The van der Waals surface area contributed by atoms with E-state index in [0.29, 0.717) is 23.9 Å². The number of aromatic nitrogens is 1. The number of hydrogen-bond donors (Lipinski definition) is 2. The smallest absolute Gasteiger partial charge is 0.356 e. The summed E-state index contributed by atoms with van der Waals surface area (Å²) in [5.41, 5.74) is 9.86. The van der Waals surface area contributed by atoms with Crippen LogP contribution in [0.3, 0.4) is 0 Å². The summed E-state index contributed by atoms with van der Waals surface area (Å²) in [6, 6.07) is 8.19. The molecule has 0 aliphatic rings. The van der Waals surface area contributed by atoms with Crippen molar-refractivity contribution in [3.05, 3.63) is 41.7 Å². The first-order valence-electron chi connectivity index (χ1n) is 6.78. The average Bonchev–Trinajstić information content (AvgIpc) is 2.81. The number of benzene rings is 1. The van der Waals surface area contributed by atoms with E-state index in [2.05, 4.69) is 31.0 Å². The molecular weight excluding hydrogens is 252 g/mol. The van der Waals surface area contributed by atoms with Gasteiger partial charge in [0.2, 0.25) is 0 Å². The summed E-state index contributed by atoms with van der Waals surface area (Å²) < 4.78 is 4.96. The lowest BCUT2D eigenvalue weighted by molar-refractivity contribution is 0.0521. The number of rotatable bonds is 4. The number of carbonyl (C=O) groups excluding carboxylic acids is 1. The molecule has 0 atom stereocenters. The fraction of sp³-hybridized carbons (Fsp3) is 0.312. The second-order valence-corrected chi connectivity index (χ2v) is 4.99. The summed E-state index contributed by atoms with van der Waals surface area (Å²) in [5, 5.41) is 0. The quantitative estimate of drug-likeness (QED) is 0.836. The van der Waals surface area contributed by atoms with E-state index in [1.54, 1.807) is 13.1 Å². The lowest BCUT2D eigenvalue weighted by Crippen LogP contribution is -2.07. The minimum Gasteiger partial charge on any atom is -0.461 e. The van der Waals surface area contributed by atoms with Crippen LogP contribution in [0.15, 0.2) is 30.5 Å². The minimum atomic E-state index is -0.421. The number of nitrogens with one attached hydrogen (secondary N) is 1. The third kappa shape index (κ3) is 2.69. The Kier molecular flexibility index (Phi) is 4.13. The number of carbonyl (C=O) groups is 1. The van der Waals surface area contributed by atoms with Gasteiger partial charge in [-0.3, -0.25) is 0 Å². The monoisotopic (exact) mass is 272 g/mol. The highest BCUT2D eigenvalue weighted by Crippen LogP contribution is 2.30. The van der Waals surface area contributed by atoms with Gasteiger partial charge < -0.3 is 15.5 Å². The van der Waals surface area contributed by atoms with Crippen LogP contribution in [0.4, 0.5) is 5.69 Å². The van der Waals surface area contributed by atoms with E-state index >= 15 is 0 Å². The Labute approximate surface area is 119 Å². The molecule has 1 aromatic heterocycles. The average molecular weight is 272 g/mol. The number of H-pyrrole nitrogens is 1. The summed E-state index contributed by atoms with van der Waals surface area (Å²) >= 11 is 0. The maximum Gasteiger partial charge on any atom is 0.356 e. The molecule has 1 aromatic carbocycles. The van der Waals surface area contributed by atoms with Crippen LogP contribution < -0.4 is 5.73 Å². The SMILES string of the molecule is CCOC(=O)c1[nH]cc(-c2ccc(C(C)C)cc2)c1N. The van der Waals surface area contributed by atoms with Crippen LogP contribution in [0.25, 0.3) is 11.1 Å². The molecular formula is C16H20N2O2. The predicted octanol–water partition coefficient (Wildman–Crippen LogP) is 3.56. The van der Waals surface area contributed by atoms with Crippen molar-refractivity contribution in [3.8, 4) is 11.1 Å². The van der Waals surface area contributed by atoms with Crippen LogP contribution >= 0.6 is 0 Å². The Morgan fingerprint density at radius 2 is 1.95 bits per heavy atom. The van der Waals surface area contributed by atoms with E-state index in [0.717, 1.165) is 11.1 Å². The van der Waals surface area contributed by atoms with Gasteiger partial charge in [-0.05, 0) is 24.0 Å². The van der Waals surface area contributed by atoms with Crippen LogP contribution in [-0.4, -0.2) is 17.6 Å². The number of ether oxygens (including phenoxy) is 1. The van der Waals surface area contributed by atoms with E-state index in [-0.39, 0.29) is 0 Å². The summed E-state index contributed by atoms with van der Waals surface area (Å²) in [6.45, 7) is 6.40. The van der Waals surface area contributed by atoms with Crippen LogP contribution in [-0.2, 0) is 4.74 Å². The second-order valence-electron chi connectivity index (χ2n) is 4.99. The molecule has 2 aromatic rings. The number of hydrogen-bond acceptors (Lipinski definition) is 3. The van der Waals surface area contributed by atoms with Gasteiger partial charge in [-0.1, -0.05) is 38.1 Å². The van der Waals surface area contributed by atoms with Crippen molar-refractivity contribution in [1.82, 2.24) is 4.98 Å². The van der Waals surface area contributed by atoms with Crippen molar-refractivity contribution >= 4 is 11.7 Å². The molecule has 0 aliphatic carbocycles. The van der Waals surface area contributed by atoms with E-state index < -0.39 is 5.97 Å². The first-order valence-corrected chi connectivity index (χ1v) is 6.78. The summed E-state index contributed by atoms with van der Waals surface area (Å²) in [6.07, 6.45) is 1.74. The molecule has 0 fully saturated rings. The molecule has 0 spiro atoms. The van der Waals surface area contributed by atoms with Gasteiger partial charge in [0.1, 0.15) is 5.69 Å². The van der Waals surface area contributed by atoms with Crippen molar-refractivity contribution < 1.29 is 9.53 Å². The minimum absolute atomic E-state index is 0.315. The van der Waals surface area contributed by atoms with Gasteiger partial charge in [-0.25, -0.2) is 4.79 Å². The Bertz CT molecular complexity index is 597. The van der Waals surface area contributed by atoms with E-state index in [9.17, 15) is 4.79 Å². The van der Waals surface area contributed by atoms with Crippen LogP contribution in [0.1, 0.15) is 42.7 Å². The van der Waals surface area contributed by atoms with Crippen molar-refractivity contribution in [2.24, 2.45) is 0 Å². The van der Waals surface area contributed by atoms with Crippen molar-refractivity contribution in [3.63, 3.8) is 0 Å². The van der Waals surface area contributed by atoms with Crippen molar-refractivity contribution in [2.75, 3.05) is 12.3 Å². The van der Waals surface area contributed by atoms with Crippen molar-refractivity contribution in [1.29, 1.82) is 0 Å².